The summed E-state index contributed by atoms with van der Waals surface area (Å²) in [6.07, 6.45) is 4.35. The van der Waals surface area contributed by atoms with Crippen molar-refractivity contribution in [1.29, 1.82) is 0 Å². The summed E-state index contributed by atoms with van der Waals surface area (Å²) in [6, 6.07) is 15.9. The van der Waals surface area contributed by atoms with Gasteiger partial charge in [-0.3, -0.25) is 0 Å². The molecular weight excluding hydrogens is 387 g/mol. The molecule has 4 N–H and O–H groups in total. The third-order valence-corrected chi connectivity index (χ3v) is 6.38. The molecule has 1 atom stereocenters. The Morgan fingerprint density at radius 2 is 2.07 bits per heavy atom. The molecule has 4 rings (SSSR count). The van der Waals surface area contributed by atoms with Crippen molar-refractivity contribution in [3.63, 3.8) is 0 Å². The van der Waals surface area contributed by atoms with Gasteiger partial charge in [0.05, 0.1) is 16.3 Å². The zero-order valence-electron chi connectivity index (χ0n) is 15.2. The van der Waals surface area contributed by atoms with E-state index in [1.54, 1.807) is 17.5 Å². The standard InChI is InChI=1S/C21H21N4OPS/c22-12-16(10-14-4-2-1-3-5-14)25(26)21(27)19-11-15(13-28-19)17-6-8-23-20-18(17)7-9-24-20/h1-9,11,13,16,26-27H,10,12,22H2,(H,23,24). The maximum absolute atomic E-state index is 10.8. The maximum Gasteiger partial charge on any atom is 0.137 e. The molecule has 0 saturated carbocycles. The van der Waals surface area contributed by atoms with Crippen LogP contribution in [0.25, 0.3) is 22.2 Å². The number of fused-ring (bicyclic) bond motifs is 1. The highest BCUT2D eigenvalue weighted by molar-refractivity contribution is 7.26. The van der Waals surface area contributed by atoms with E-state index >= 15 is 0 Å². The maximum atomic E-state index is 10.8. The van der Waals surface area contributed by atoms with Crippen molar-refractivity contribution in [2.75, 3.05) is 6.54 Å². The highest BCUT2D eigenvalue weighted by atomic mass is 32.1. The molecule has 3 heterocycles. The molecule has 28 heavy (non-hydrogen) atoms. The average molecular weight is 408 g/mol. The fourth-order valence-electron chi connectivity index (χ4n) is 3.27. The van der Waals surface area contributed by atoms with E-state index in [4.69, 9.17) is 5.73 Å². The number of hydroxylamine groups is 2. The SMILES string of the molecule is NCC(Cc1ccccc1)N(O)C(=P)c1cc(-c2ccnc3[nH]ccc23)cs1. The number of rotatable bonds is 7. The largest absolute Gasteiger partial charge is 0.346 e. The van der Waals surface area contributed by atoms with Gasteiger partial charge in [0.2, 0.25) is 0 Å². The minimum absolute atomic E-state index is 0.224. The second-order valence-corrected chi connectivity index (χ2v) is 7.96. The fourth-order valence-corrected chi connectivity index (χ4v) is 4.55. The normalized spacial score (nSPS) is 12.5. The Morgan fingerprint density at radius 3 is 2.86 bits per heavy atom. The summed E-state index contributed by atoms with van der Waals surface area (Å²) >= 11 is 1.57. The predicted molar refractivity (Wildman–Crippen MR) is 118 cm³/mol. The lowest BCUT2D eigenvalue weighted by Gasteiger charge is -2.25. The van der Waals surface area contributed by atoms with Crippen LogP contribution in [-0.4, -0.2) is 38.2 Å². The lowest BCUT2D eigenvalue weighted by atomic mass is 10.1. The topological polar surface area (TPSA) is 78.2 Å². The van der Waals surface area contributed by atoms with E-state index in [2.05, 4.69) is 30.3 Å². The van der Waals surface area contributed by atoms with Gasteiger partial charge in [0, 0.05) is 24.3 Å². The predicted octanol–water partition coefficient (Wildman–Crippen LogP) is 4.17. The Balaban J connectivity index is 1.56. The van der Waals surface area contributed by atoms with Crippen LogP contribution in [-0.2, 0) is 6.42 Å². The molecule has 0 radical (unpaired) electrons. The molecule has 5 nitrogen and oxygen atoms in total. The van der Waals surface area contributed by atoms with Crippen LogP contribution in [0.2, 0.25) is 0 Å². The number of aromatic nitrogens is 2. The lowest BCUT2D eigenvalue weighted by molar-refractivity contribution is -0.0468. The van der Waals surface area contributed by atoms with Gasteiger partial charge < -0.3 is 15.9 Å². The van der Waals surface area contributed by atoms with Crippen molar-refractivity contribution in [1.82, 2.24) is 15.0 Å². The van der Waals surface area contributed by atoms with Crippen molar-refractivity contribution >= 4 is 36.7 Å². The van der Waals surface area contributed by atoms with Crippen molar-refractivity contribution in [3.8, 4) is 11.1 Å². The number of H-pyrrole nitrogens is 1. The summed E-state index contributed by atoms with van der Waals surface area (Å²) < 4.78 is 0. The first-order valence-electron chi connectivity index (χ1n) is 8.99. The Labute approximate surface area is 169 Å². The molecular formula is C21H21N4OPS. The molecule has 0 spiro atoms. The molecule has 0 bridgehead atoms. The van der Waals surface area contributed by atoms with Gasteiger partial charge >= 0.3 is 0 Å². The number of hydrogen-bond acceptors (Lipinski definition) is 4. The number of thiophene rings is 1. The van der Waals surface area contributed by atoms with Gasteiger partial charge in [0.15, 0.2) is 0 Å². The number of nitrogens with two attached hydrogens (primary N) is 1. The number of benzene rings is 1. The second kappa shape index (κ2) is 8.35. The van der Waals surface area contributed by atoms with Crippen LogP contribution in [0.5, 0.6) is 0 Å². The van der Waals surface area contributed by atoms with Crippen LogP contribution in [0.15, 0.2) is 66.3 Å². The molecule has 0 aliphatic heterocycles. The quantitative estimate of drug-likeness (QED) is 0.317. The Kier molecular flexibility index (Phi) is 5.67. The van der Waals surface area contributed by atoms with E-state index in [1.165, 1.54) is 5.06 Å². The first-order valence-corrected chi connectivity index (χ1v) is 10.4. The molecule has 0 fully saturated rings. The van der Waals surface area contributed by atoms with Gasteiger partial charge in [-0.05, 0) is 46.7 Å². The number of pyridine rings is 1. The van der Waals surface area contributed by atoms with Crippen molar-refractivity contribution in [2.45, 2.75) is 12.5 Å². The summed E-state index contributed by atoms with van der Waals surface area (Å²) in [5.74, 6) is 0. The molecule has 0 aliphatic rings. The first-order chi connectivity index (χ1) is 13.7. The van der Waals surface area contributed by atoms with Crippen LogP contribution in [0, 0.1) is 0 Å². The second-order valence-electron chi connectivity index (χ2n) is 6.57. The number of nitrogens with zero attached hydrogens (tertiary/aromatic N) is 2. The first kappa shape index (κ1) is 19.0. The zero-order valence-corrected chi connectivity index (χ0v) is 17.0. The Hall–Kier alpha value is -2.34. The smallest absolute Gasteiger partial charge is 0.137 e. The van der Waals surface area contributed by atoms with Gasteiger partial charge in [0.25, 0.3) is 0 Å². The van der Waals surface area contributed by atoms with E-state index in [9.17, 15) is 5.21 Å². The van der Waals surface area contributed by atoms with Gasteiger partial charge in [-0.15, -0.1) is 11.3 Å². The molecule has 0 saturated heterocycles. The average Bonchev–Trinajstić information content (AvgIpc) is 3.41. The summed E-state index contributed by atoms with van der Waals surface area (Å²) in [6.45, 7) is 0.339. The zero-order chi connectivity index (χ0) is 19.5. The summed E-state index contributed by atoms with van der Waals surface area (Å²) in [7, 11) is 3.62. The number of nitrogens with one attached hydrogen (secondary N) is 1. The van der Waals surface area contributed by atoms with E-state index in [0.29, 0.717) is 18.4 Å². The van der Waals surface area contributed by atoms with E-state index in [1.807, 2.05) is 48.7 Å². The summed E-state index contributed by atoms with van der Waals surface area (Å²) in [5, 5.41) is 15.2. The Morgan fingerprint density at radius 1 is 1.25 bits per heavy atom. The number of aromatic amines is 1. The van der Waals surface area contributed by atoms with Crippen LogP contribution in [0.1, 0.15) is 10.4 Å². The molecule has 1 aromatic carbocycles. The highest BCUT2D eigenvalue weighted by Crippen LogP contribution is 2.31. The van der Waals surface area contributed by atoms with Crippen LogP contribution < -0.4 is 5.73 Å². The molecule has 142 valence electrons. The van der Waals surface area contributed by atoms with E-state index < -0.39 is 0 Å². The molecule has 1 unspecified atom stereocenters. The minimum Gasteiger partial charge on any atom is -0.346 e. The van der Waals surface area contributed by atoms with Gasteiger partial charge in [-0.1, -0.05) is 39.2 Å². The monoisotopic (exact) mass is 408 g/mol. The molecule has 7 heteroatoms. The van der Waals surface area contributed by atoms with E-state index in [0.717, 1.165) is 32.6 Å². The van der Waals surface area contributed by atoms with Crippen LogP contribution >= 0.6 is 20.2 Å². The van der Waals surface area contributed by atoms with Crippen molar-refractivity contribution in [2.24, 2.45) is 5.73 Å². The minimum atomic E-state index is -0.224. The van der Waals surface area contributed by atoms with Crippen molar-refractivity contribution in [3.05, 3.63) is 76.7 Å². The fraction of sp³-hybridized carbons (Fsp3) is 0.143. The highest BCUT2D eigenvalue weighted by Gasteiger charge is 2.21. The van der Waals surface area contributed by atoms with Gasteiger partial charge in [-0.25, -0.2) is 4.98 Å². The number of hydrogen-bond donors (Lipinski definition) is 3. The summed E-state index contributed by atoms with van der Waals surface area (Å²) in [5.41, 5.74) is 10.7. The van der Waals surface area contributed by atoms with Crippen LogP contribution in [0.4, 0.5) is 0 Å². The molecule has 0 amide bonds. The van der Waals surface area contributed by atoms with Crippen molar-refractivity contribution < 1.29 is 5.21 Å². The lowest BCUT2D eigenvalue weighted by Crippen LogP contribution is -2.43. The Bertz CT molecular complexity index is 1090. The third-order valence-electron chi connectivity index (χ3n) is 4.77. The molecule has 3 aromatic heterocycles. The van der Waals surface area contributed by atoms with Crippen LogP contribution in [0.3, 0.4) is 0 Å². The molecule has 4 aromatic rings. The van der Waals surface area contributed by atoms with E-state index in [-0.39, 0.29) is 6.04 Å². The van der Waals surface area contributed by atoms with Gasteiger partial charge in [-0.2, -0.15) is 5.06 Å². The summed E-state index contributed by atoms with van der Waals surface area (Å²) in [4.78, 5) is 8.41. The molecule has 0 aliphatic carbocycles. The third kappa shape index (κ3) is 3.78. The van der Waals surface area contributed by atoms with Gasteiger partial charge in [0.1, 0.15) is 5.65 Å².